The molecule has 0 aromatic heterocycles. The zero-order valence-electron chi connectivity index (χ0n) is 20.4. The lowest BCUT2D eigenvalue weighted by molar-refractivity contribution is -0.143. The maximum atomic E-state index is 13.4. The van der Waals surface area contributed by atoms with Crippen molar-refractivity contribution in [2.75, 3.05) is 6.61 Å². The molecular formula is C27H38N2O3. The predicted molar refractivity (Wildman–Crippen MR) is 130 cm³/mol. The van der Waals surface area contributed by atoms with Crippen LogP contribution in [0.1, 0.15) is 70.1 Å². The molecule has 2 aromatic carbocycles. The zero-order chi connectivity index (χ0) is 23.7. The van der Waals surface area contributed by atoms with E-state index in [9.17, 15) is 9.59 Å². The number of para-hydroxylation sites is 1. The van der Waals surface area contributed by atoms with Crippen LogP contribution in [0.5, 0.6) is 5.75 Å². The van der Waals surface area contributed by atoms with Gasteiger partial charge in [-0.2, -0.15) is 0 Å². The summed E-state index contributed by atoms with van der Waals surface area (Å²) < 4.78 is 5.96. The van der Waals surface area contributed by atoms with E-state index in [0.29, 0.717) is 18.7 Å². The molecule has 0 fully saturated rings. The fourth-order valence-corrected chi connectivity index (χ4v) is 3.64. The lowest BCUT2D eigenvalue weighted by Gasteiger charge is -2.32. The van der Waals surface area contributed by atoms with E-state index in [1.165, 1.54) is 0 Å². The van der Waals surface area contributed by atoms with Crippen LogP contribution in [-0.2, 0) is 16.1 Å². The molecule has 0 radical (unpaired) electrons. The standard InChI is InChI=1S/C27H38N2O3/c1-7-21(6)28-27(31)24(8-2)29(17-22-14-10-9-13-20(22)5)26(30)18-32-25-16-12-11-15-23(25)19(3)4/h9-16,19,21,24H,7-8,17-18H2,1-6H3,(H,28,31). The summed E-state index contributed by atoms with van der Waals surface area (Å²) in [6.45, 7) is 12.4. The van der Waals surface area contributed by atoms with Crippen molar-refractivity contribution in [2.24, 2.45) is 0 Å². The molecule has 0 heterocycles. The largest absolute Gasteiger partial charge is 0.483 e. The Balaban J connectivity index is 2.27. The quantitative estimate of drug-likeness (QED) is 0.523. The Labute approximate surface area is 193 Å². The number of hydrogen-bond acceptors (Lipinski definition) is 3. The minimum absolute atomic E-state index is 0.0566. The van der Waals surface area contributed by atoms with Gasteiger partial charge in [0, 0.05) is 12.6 Å². The molecule has 2 amide bonds. The summed E-state index contributed by atoms with van der Waals surface area (Å²) in [7, 11) is 0. The lowest BCUT2D eigenvalue weighted by Crippen LogP contribution is -2.51. The van der Waals surface area contributed by atoms with Crippen molar-refractivity contribution in [3.63, 3.8) is 0 Å². The number of nitrogens with one attached hydrogen (secondary N) is 1. The van der Waals surface area contributed by atoms with E-state index >= 15 is 0 Å². The van der Waals surface area contributed by atoms with E-state index in [4.69, 9.17) is 4.74 Å². The van der Waals surface area contributed by atoms with Crippen LogP contribution in [0.15, 0.2) is 48.5 Å². The molecule has 0 saturated heterocycles. The molecule has 2 unspecified atom stereocenters. The average molecular weight is 439 g/mol. The number of carbonyl (C=O) groups excluding carboxylic acids is 2. The molecule has 0 aliphatic heterocycles. The van der Waals surface area contributed by atoms with E-state index in [2.05, 4.69) is 19.2 Å². The highest BCUT2D eigenvalue weighted by molar-refractivity contribution is 5.88. The Morgan fingerprint density at radius 1 is 0.969 bits per heavy atom. The van der Waals surface area contributed by atoms with E-state index < -0.39 is 6.04 Å². The highest BCUT2D eigenvalue weighted by Crippen LogP contribution is 2.26. The first-order chi connectivity index (χ1) is 15.3. The Morgan fingerprint density at radius 2 is 1.62 bits per heavy atom. The van der Waals surface area contributed by atoms with E-state index in [1.54, 1.807) is 4.90 Å². The van der Waals surface area contributed by atoms with E-state index in [1.807, 2.05) is 76.2 Å². The molecule has 5 nitrogen and oxygen atoms in total. The van der Waals surface area contributed by atoms with Crippen molar-refractivity contribution < 1.29 is 14.3 Å². The van der Waals surface area contributed by atoms with Gasteiger partial charge in [-0.15, -0.1) is 0 Å². The molecular weight excluding hydrogens is 400 g/mol. The van der Waals surface area contributed by atoms with Gasteiger partial charge in [0.05, 0.1) is 0 Å². The monoisotopic (exact) mass is 438 g/mol. The highest BCUT2D eigenvalue weighted by atomic mass is 16.5. The van der Waals surface area contributed by atoms with E-state index in [0.717, 1.165) is 23.1 Å². The van der Waals surface area contributed by atoms with Crippen molar-refractivity contribution in [3.8, 4) is 5.75 Å². The molecule has 0 saturated carbocycles. The van der Waals surface area contributed by atoms with Crippen LogP contribution in [0.2, 0.25) is 0 Å². The Morgan fingerprint density at radius 3 is 2.25 bits per heavy atom. The van der Waals surface area contributed by atoms with Gasteiger partial charge in [-0.3, -0.25) is 9.59 Å². The van der Waals surface area contributed by atoms with Gasteiger partial charge in [0.25, 0.3) is 5.91 Å². The number of nitrogens with zero attached hydrogens (tertiary/aromatic N) is 1. The van der Waals surface area contributed by atoms with Crippen molar-refractivity contribution in [2.45, 2.75) is 78.9 Å². The van der Waals surface area contributed by atoms with Gasteiger partial charge in [0.15, 0.2) is 6.61 Å². The van der Waals surface area contributed by atoms with Crippen LogP contribution in [0, 0.1) is 6.92 Å². The number of carbonyl (C=O) groups is 2. The number of ether oxygens (including phenoxy) is 1. The Hall–Kier alpha value is -2.82. The number of rotatable bonds is 11. The minimum Gasteiger partial charge on any atom is -0.483 e. The molecule has 0 bridgehead atoms. The van der Waals surface area contributed by atoms with Crippen molar-refractivity contribution in [3.05, 3.63) is 65.2 Å². The van der Waals surface area contributed by atoms with Gasteiger partial charge in [0.1, 0.15) is 11.8 Å². The second kappa shape index (κ2) is 12.3. The first kappa shape index (κ1) is 25.4. The second-order valence-electron chi connectivity index (χ2n) is 8.67. The summed E-state index contributed by atoms with van der Waals surface area (Å²) in [6.07, 6.45) is 1.37. The average Bonchev–Trinajstić information content (AvgIpc) is 2.78. The highest BCUT2D eigenvalue weighted by Gasteiger charge is 2.30. The zero-order valence-corrected chi connectivity index (χ0v) is 20.4. The number of amides is 2. The van der Waals surface area contributed by atoms with Crippen LogP contribution in [0.25, 0.3) is 0 Å². The summed E-state index contributed by atoms with van der Waals surface area (Å²) in [5.74, 6) is 0.683. The molecule has 2 aromatic rings. The topological polar surface area (TPSA) is 58.6 Å². The number of hydrogen-bond donors (Lipinski definition) is 1. The predicted octanol–water partition coefficient (Wildman–Crippen LogP) is 5.22. The normalized spacial score (nSPS) is 12.8. The summed E-state index contributed by atoms with van der Waals surface area (Å²) in [4.78, 5) is 28.1. The van der Waals surface area contributed by atoms with Crippen LogP contribution in [0.4, 0.5) is 0 Å². The minimum atomic E-state index is -0.556. The molecule has 174 valence electrons. The van der Waals surface area contributed by atoms with Crippen LogP contribution in [-0.4, -0.2) is 35.4 Å². The fraction of sp³-hybridized carbons (Fsp3) is 0.481. The molecule has 0 aliphatic carbocycles. The van der Waals surface area contributed by atoms with Gasteiger partial charge >= 0.3 is 0 Å². The molecule has 1 N–H and O–H groups in total. The summed E-state index contributed by atoms with van der Waals surface area (Å²) >= 11 is 0. The lowest BCUT2D eigenvalue weighted by atomic mass is 10.0. The summed E-state index contributed by atoms with van der Waals surface area (Å²) in [5.41, 5.74) is 3.18. The van der Waals surface area contributed by atoms with Gasteiger partial charge in [-0.05, 0) is 55.4 Å². The maximum absolute atomic E-state index is 13.4. The Kier molecular flexibility index (Phi) is 9.76. The summed E-state index contributed by atoms with van der Waals surface area (Å²) in [5, 5.41) is 3.04. The number of aryl methyl sites for hydroxylation is 1. The van der Waals surface area contributed by atoms with Crippen molar-refractivity contribution in [1.29, 1.82) is 0 Å². The van der Waals surface area contributed by atoms with Crippen LogP contribution >= 0.6 is 0 Å². The van der Waals surface area contributed by atoms with Crippen LogP contribution < -0.4 is 10.1 Å². The molecule has 32 heavy (non-hydrogen) atoms. The third-order valence-corrected chi connectivity index (χ3v) is 5.88. The smallest absolute Gasteiger partial charge is 0.261 e. The molecule has 2 rings (SSSR count). The molecule has 0 spiro atoms. The SMILES string of the molecule is CCC(C)NC(=O)C(CC)N(Cc1ccccc1C)C(=O)COc1ccccc1C(C)C. The van der Waals surface area contributed by atoms with Crippen molar-refractivity contribution >= 4 is 11.8 Å². The van der Waals surface area contributed by atoms with Crippen LogP contribution in [0.3, 0.4) is 0 Å². The molecule has 2 atom stereocenters. The molecule has 0 aliphatic rings. The maximum Gasteiger partial charge on any atom is 0.261 e. The second-order valence-corrected chi connectivity index (χ2v) is 8.67. The first-order valence-corrected chi connectivity index (χ1v) is 11.6. The third kappa shape index (κ3) is 6.84. The first-order valence-electron chi connectivity index (χ1n) is 11.6. The van der Waals surface area contributed by atoms with E-state index in [-0.39, 0.29) is 30.4 Å². The molecule has 5 heteroatoms. The fourth-order valence-electron chi connectivity index (χ4n) is 3.64. The van der Waals surface area contributed by atoms with Gasteiger partial charge < -0.3 is 15.0 Å². The Bertz CT molecular complexity index is 894. The van der Waals surface area contributed by atoms with Gasteiger partial charge in [-0.25, -0.2) is 0 Å². The van der Waals surface area contributed by atoms with Crippen molar-refractivity contribution in [1.82, 2.24) is 10.2 Å². The van der Waals surface area contributed by atoms with Gasteiger partial charge in [-0.1, -0.05) is 70.2 Å². The van der Waals surface area contributed by atoms with Gasteiger partial charge in [0.2, 0.25) is 5.91 Å². The number of benzene rings is 2. The third-order valence-electron chi connectivity index (χ3n) is 5.88. The summed E-state index contributed by atoms with van der Waals surface area (Å²) in [6, 6.07) is 15.3.